The number of pyridine rings is 1. The quantitative estimate of drug-likeness (QED) is 0.489. The summed E-state index contributed by atoms with van der Waals surface area (Å²) in [6.45, 7) is 0. The van der Waals surface area contributed by atoms with E-state index in [1.54, 1.807) is 0 Å². The maximum Gasteiger partial charge on any atom is 0.0453 e. The van der Waals surface area contributed by atoms with Crippen molar-refractivity contribution in [3.05, 3.63) is 79.3 Å². The number of rotatable bonds is 0. The molecule has 0 radical (unpaired) electrons. The lowest BCUT2D eigenvalue weighted by Crippen LogP contribution is -1.71. The van der Waals surface area contributed by atoms with Crippen molar-refractivity contribution in [3.63, 3.8) is 0 Å². The van der Waals surface area contributed by atoms with Gasteiger partial charge in [-0.1, -0.05) is 42.5 Å². The first-order valence-corrected chi connectivity index (χ1v) is 6.24. The molecule has 0 saturated heterocycles. The van der Waals surface area contributed by atoms with Crippen LogP contribution in [0.4, 0.5) is 0 Å². The van der Waals surface area contributed by atoms with Crippen LogP contribution in [-0.4, -0.2) is 9.97 Å². The fourth-order valence-corrected chi connectivity index (χ4v) is 2.02. The van der Waals surface area contributed by atoms with Crippen molar-refractivity contribution in [2.75, 3.05) is 0 Å². The SMILES string of the molecule is c1ccc2[nH]ccc2c1.c1ccc2cnccc2c1. The molecular weight excluding hydrogens is 232 g/mol. The summed E-state index contributed by atoms with van der Waals surface area (Å²) in [5, 5.41) is 3.72. The average molecular weight is 246 g/mol. The third kappa shape index (κ3) is 2.63. The van der Waals surface area contributed by atoms with Gasteiger partial charge in [0, 0.05) is 24.1 Å². The number of nitrogens with zero attached hydrogens (tertiary/aromatic N) is 1. The first-order valence-electron chi connectivity index (χ1n) is 6.24. The summed E-state index contributed by atoms with van der Waals surface area (Å²) in [5.74, 6) is 0. The van der Waals surface area contributed by atoms with Crippen LogP contribution in [0.1, 0.15) is 0 Å². The normalized spacial score (nSPS) is 10.1. The van der Waals surface area contributed by atoms with E-state index in [0.29, 0.717) is 0 Å². The molecule has 0 aliphatic rings. The Hall–Kier alpha value is -2.61. The van der Waals surface area contributed by atoms with Crippen molar-refractivity contribution in [2.24, 2.45) is 0 Å². The van der Waals surface area contributed by atoms with E-state index in [-0.39, 0.29) is 0 Å². The molecule has 0 unspecified atom stereocenters. The smallest absolute Gasteiger partial charge is 0.0453 e. The molecule has 0 atom stereocenters. The van der Waals surface area contributed by atoms with Crippen LogP contribution < -0.4 is 0 Å². The van der Waals surface area contributed by atoms with E-state index in [2.05, 4.69) is 40.3 Å². The maximum absolute atomic E-state index is 4.01. The van der Waals surface area contributed by atoms with Crippen molar-refractivity contribution >= 4 is 21.7 Å². The first kappa shape index (κ1) is 11.5. The van der Waals surface area contributed by atoms with Crippen molar-refractivity contribution in [1.82, 2.24) is 9.97 Å². The van der Waals surface area contributed by atoms with Crippen LogP contribution in [0.5, 0.6) is 0 Å². The van der Waals surface area contributed by atoms with Gasteiger partial charge in [-0.25, -0.2) is 0 Å². The molecule has 2 heterocycles. The summed E-state index contributed by atoms with van der Waals surface area (Å²) in [6.07, 6.45) is 5.63. The van der Waals surface area contributed by atoms with Crippen molar-refractivity contribution in [3.8, 4) is 0 Å². The van der Waals surface area contributed by atoms with E-state index < -0.39 is 0 Å². The van der Waals surface area contributed by atoms with E-state index >= 15 is 0 Å². The third-order valence-corrected chi connectivity index (χ3v) is 3.01. The van der Waals surface area contributed by atoms with Crippen LogP contribution in [0.15, 0.2) is 79.3 Å². The van der Waals surface area contributed by atoms with E-state index in [9.17, 15) is 0 Å². The zero-order chi connectivity index (χ0) is 12.9. The summed E-state index contributed by atoms with van der Waals surface area (Å²) in [6, 6.07) is 20.5. The van der Waals surface area contributed by atoms with Crippen LogP contribution in [-0.2, 0) is 0 Å². The van der Waals surface area contributed by atoms with E-state index in [0.717, 1.165) is 0 Å². The van der Waals surface area contributed by atoms with Gasteiger partial charge in [0.25, 0.3) is 0 Å². The molecular formula is C17H14N2. The summed E-state index contributed by atoms with van der Waals surface area (Å²) in [5.41, 5.74) is 1.21. The number of H-pyrrole nitrogens is 1. The number of aromatic amines is 1. The second-order valence-corrected chi connectivity index (χ2v) is 4.29. The number of para-hydroxylation sites is 1. The lowest BCUT2D eigenvalue weighted by atomic mass is 10.2. The van der Waals surface area contributed by atoms with Crippen molar-refractivity contribution < 1.29 is 0 Å². The molecule has 2 nitrogen and oxygen atoms in total. The molecule has 2 heteroatoms. The lowest BCUT2D eigenvalue weighted by Gasteiger charge is -1.91. The predicted octanol–water partition coefficient (Wildman–Crippen LogP) is 4.40. The molecule has 0 bridgehead atoms. The van der Waals surface area contributed by atoms with Crippen molar-refractivity contribution in [2.45, 2.75) is 0 Å². The third-order valence-electron chi connectivity index (χ3n) is 3.01. The highest BCUT2D eigenvalue weighted by Gasteiger charge is 1.87. The molecule has 0 saturated carbocycles. The molecule has 0 aliphatic carbocycles. The van der Waals surface area contributed by atoms with Gasteiger partial charge in [-0.2, -0.15) is 0 Å². The number of fused-ring (bicyclic) bond motifs is 2. The van der Waals surface area contributed by atoms with Gasteiger partial charge in [0.15, 0.2) is 0 Å². The Morgan fingerprint density at radius 2 is 1.42 bits per heavy atom. The highest BCUT2D eigenvalue weighted by molar-refractivity contribution is 5.81. The van der Waals surface area contributed by atoms with Gasteiger partial charge in [0.05, 0.1) is 0 Å². The van der Waals surface area contributed by atoms with Gasteiger partial charge in [0.2, 0.25) is 0 Å². The fraction of sp³-hybridized carbons (Fsp3) is 0. The van der Waals surface area contributed by atoms with Gasteiger partial charge in [-0.3, -0.25) is 4.98 Å². The Bertz CT molecular complexity index is 691. The van der Waals surface area contributed by atoms with Gasteiger partial charge in [-0.15, -0.1) is 0 Å². The van der Waals surface area contributed by atoms with Gasteiger partial charge in [0.1, 0.15) is 0 Å². The van der Waals surface area contributed by atoms with Crippen LogP contribution in [0, 0.1) is 0 Å². The summed E-state index contributed by atoms with van der Waals surface area (Å²) < 4.78 is 0. The van der Waals surface area contributed by atoms with Crippen LogP contribution in [0.3, 0.4) is 0 Å². The predicted molar refractivity (Wildman–Crippen MR) is 80.0 cm³/mol. The Balaban J connectivity index is 0.000000117. The zero-order valence-electron chi connectivity index (χ0n) is 10.5. The first-order chi connectivity index (χ1) is 9.43. The molecule has 92 valence electrons. The standard InChI is InChI=1S/C9H7N.C8H7N/c1-2-4-9-7-10-6-5-8(9)3-1;1-2-4-8-7(3-1)5-6-9-8/h1-7H;1-6,9H. The van der Waals surface area contributed by atoms with Crippen LogP contribution in [0.2, 0.25) is 0 Å². The number of hydrogen-bond acceptors (Lipinski definition) is 1. The molecule has 19 heavy (non-hydrogen) atoms. The Morgan fingerprint density at radius 1 is 0.684 bits per heavy atom. The van der Waals surface area contributed by atoms with Crippen LogP contribution in [0.25, 0.3) is 21.7 Å². The number of aromatic nitrogens is 2. The second kappa shape index (κ2) is 5.36. The molecule has 0 spiro atoms. The minimum Gasteiger partial charge on any atom is -0.361 e. The number of benzene rings is 2. The van der Waals surface area contributed by atoms with E-state index in [1.807, 2.05) is 48.9 Å². The van der Waals surface area contributed by atoms with Gasteiger partial charge in [-0.05, 0) is 34.4 Å². The van der Waals surface area contributed by atoms with E-state index in [1.165, 1.54) is 21.7 Å². The lowest BCUT2D eigenvalue weighted by molar-refractivity contribution is 1.36. The number of hydrogen-bond donors (Lipinski definition) is 1. The Kier molecular flexibility index (Phi) is 3.24. The molecule has 2 aromatic heterocycles. The molecule has 0 amide bonds. The minimum absolute atomic E-state index is 1.20. The molecule has 1 N–H and O–H groups in total. The monoisotopic (exact) mass is 246 g/mol. The van der Waals surface area contributed by atoms with Gasteiger partial charge < -0.3 is 4.98 Å². The molecule has 0 fully saturated rings. The van der Waals surface area contributed by atoms with E-state index in [4.69, 9.17) is 0 Å². The topological polar surface area (TPSA) is 28.7 Å². The summed E-state index contributed by atoms with van der Waals surface area (Å²) in [4.78, 5) is 7.13. The summed E-state index contributed by atoms with van der Waals surface area (Å²) >= 11 is 0. The number of nitrogens with one attached hydrogen (secondary N) is 1. The molecule has 0 aliphatic heterocycles. The summed E-state index contributed by atoms with van der Waals surface area (Å²) in [7, 11) is 0. The molecule has 4 aromatic rings. The second-order valence-electron chi connectivity index (χ2n) is 4.29. The highest BCUT2D eigenvalue weighted by Crippen LogP contribution is 2.10. The zero-order valence-corrected chi connectivity index (χ0v) is 10.5. The molecule has 4 rings (SSSR count). The maximum atomic E-state index is 4.01. The highest BCUT2D eigenvalue weighted by atomic mass is 14.7. The Labute approximate surface area is 111 Å². The van der Waals surface area contributed by atoms with Gasteiger partial charge >= 0.3 is 0 Å². The minimum atomic E-state index is 1.20. The van der Waals surface area contributed by atoms with Crippen molar-refractivity contribution in [1.29, 1.82) is 0 Å². The Morgan fingerprint density at radius 3 is 2.21 bits per heavy atom. The molecule has 2 aromatic carbocycles. The van der Waals surface area contributed by atoms with Crippen LogP contribution >= 0.6 is 0 Å². The average Bonchev–Trinajstić information content (AvgIpc) is 2.96. The largest absolute Gasteiger partial charge is 0.361 e. The fourth-order valence-electron chi connectivity index (χ4n) is 2.02.